The molecule has 0 atom stereocenters. The van der Waals surface area contributed by atoms with Gasteiger partial charge < -0.3 is 14.3 Å². The Labute approximate surface area is 162 Å². The van der Waals surface area contributed by atoms with Crippen LogP contribution in [0.1, 0.15) is 34.9 Å². The maximum Gasteiger partial charge on any atom is 0.276 e. The van der Waals surface area contributed by atoms with Gasteiger partial charge in [-0.25, -0.2) is 0 Å². The van der Waals surface area contributed by atoms with Gasteiger partial charge in [0.2, 0.25) is 0 Å². The third kappa shape index (κ3) is 3.11. The van der Waals surface area contributed by atoms with E-state index in [0.29, 0.717) is 17.4 Å². The molecule has 8 nitrogen and oxygen atoms in total. The lowest BCUT2D eigenvalue weighted by atomic mass is 10.1. The Bertz CT molecular complexity index is 977. The zero-order valence-corrected chi connectivity index (χ0v) is 15.5. The highest BCUT2D eigenvalue weighted by Crippen LogP contribution is 2.38. The van der Waals surface area contributed by atoms with Gasteiger partial charge in [0.25, 0.3) is 5.91 Å². The van der Waals surface area contributed by atoms with Crippen LogP contribution in [0, 0.1) is 0 Å². The molecular formula is C20H20N6O2. The number of likely N-dealkylation sites (N-methyl/N-ethyl adjacent to an activating group) is 1. The van der Waals surface area contributed by atoms with Gasteiger partial charge in [0, 0.05) is 50.1 Å². The van der Waals surface area contributed by atoms with Gasteiger partial charge in [0.15, 0.2) is 17.3 Å². The highest BCUT2D eigenvalue weighted by molar-refractivity contribution is 5.93. The molecule has 1 saturated heterocycles. The Hall–Kier alpha value is -3.29. The molecule has 0 unspecified atom stereocenters. The van der Waals surface area contributed by atoms with Gasteiger partial charge in [-0.15, -0.1) is 5.10 Å². The first-order valence-electron chi connectivity index (χ1n) is 9.42. The molecule has 1 aliphatic heterocycles. The van der Waals surface area contributed by atoms with E-state index in [-0.39, 0.29) is 11.9 Å². The van der Waals surface area contributed by atoms with Crippen molar-refractivity contribution in [2.45, 2.75) is 24.8 Å². The minimum atomic E-state index is -0.154. The second kappa shape index (κ2) is 6.70. The monoisotopic (exact) mass is 376 g/mol. The van der Waals surface area contributed by atoms with E-state index < -0.39 is 0 Å². The normalized spacial score (nSPS) is 16.7. The molecule has 4 heterocycles. The van der Waals surface area contributed by atoms with E-state index in [2.05, 4.69) is 31.3 Å². The van der Waals surface area contributed by atoms with Crippen molar-refractivity contribution in [2.24, 2.45) is 0 Å². The van der Waals surface area contributed by atoms with Crippen molar-refractivity contribution in [3.63, 3.8) is 0 Å². The molecular weight excluding hydrogens is 356 g/mol. The van der Waals surface area contributed by atoms with Crippen LogP contribution in [0.5, 0.6) is 0 Å². The molecule has 2 aliphatic rings. The second-order valence-corrected chi connectivity index (χ2v) is 7.38. The van der Waals surface area contributed by atoms with Crippen LogP contribution >= 0.6 is 0 Å². The van der Waals surface area contributed by atoms with Crippen molar-refractivity contribution < 1.29 is 9.32 Å². The maximum absolute atomic E-state index is 12.7. The molecule has 1 saturated carbocycles. The molecule has 0 N–H and O–H groups in total. The fraction of sp³-hybridized carbons (Fsp3) is 0.350. The molecule has 0 aromatic carbocycles. The average Bonchev–Trinajstić information content (AvgIpc) is 3.44. The van der Waals surface area contributed by atoms with E-state index >= 15 is 0 Å². The highest BCUT2D eigenvalue weighted by atomic mass is 16.5. The number of aromatic nitrogens is 4. The van der Waals surface area contributed by atoms with E-state index in [1.165, 1.54) is 12.8 Å². The first kappa shape index (κ1) is 16.9. The topological polar surface area (TPSA) is 88.3 Å². The Balaban J connectivity index is 1.21. The standard InChI is InChI=1S/C20H20N6O2/c1-25(20(27)17-9-18(28-24-17)14-3-2-8-21-10-14)15-11-26(12-15)19-7-6-16(22-23-19)13-4-5-13/h2-3,6-10,13,15H,4-5,11-12H2,1H3. The summed E-state index contributed by atoms with van der Waals surface area (Å²) in [6.45, 7) is 1.46. The second-order valence-electron chi connectivity index (χ2n) is 7.38. The lowest BCUT2D eigenvalue weighted by Gasteiger charge is -2.44. The minimum absolute atomic E-state index is 0.107. The van der Waals surface area contributed by atoms with Crippen LogP contribution in [0.4, 0.5) is 5.82 Å². The third-order valence-electron chi connectivity index (χ3n) is 5.40. The van der Waals surface area contributed by atoms with Crippen LogP contribution in [-0.2, 0) is 0 Å². The van der Waals surface area contributed by atoms with Crippen molar-refractivity contribution in [1.29, 1.82) is 0 Å². The number of amides is 1. The maximum atomic E-state index is 12.7. The van der Waals surface area contributed by atoms with Gasteiger partial charge in [-0.2, -0.15) is 5.10 Å². The molecule has 0 spiro atoms. The predicted octanol–water partition coefficient (Wildman–Crippen LogP) is 2.36. The number of hydrogen-bond acceptors (Lipinski definition) is 7. The summed E-state index contributed by atoms with van der Waals surface area (Å²) in [4.78, 5) is 20.6. The Morgan fingerprint density at radius 3 is 2.75 bits per heavy atom. The van der Waals surface area contributed by atoms with Crippen molar-refractivity contribution >= 4 is 11.7 Å². The Morgan fingerprint density at radius 2 is 2.07 bits per heavy atom. The van der Waals surface area contributed by atoms with Crippen molar-refractivity contribution in [3.8, 4) is 11.3 Å². The highest BCUT2D eigenvalue weighted by Gasteiger charge is 2.35. The molecule has 0 bridgehead atoms. The summed E-state index contributed by atoms with van der Waals surface area (Å²) >= 11 is 0. The molecule has 2 fully saturated rings. The van der Waals surface area contributed by atoms with Crippen LogP contribution in [-0.4, -0.2) is 57.3 Å². The largest absolute Gasteiger partial charge is 0.355 e. The van der Waals surface area contributed by atoms with E-state index in [0.717, 1.165) is 30.2 Å². The van der Waals surface area contributed by atoms with E-state index in [1.807, 2.05) is 18.2 Å². The van der Waals surface area contributed by atoms with Gasteiger partial charge in [0.1, 0.15) is 0 Å². The molecule has 28 heavy (non-hydrogen) atoms. The first-order valence-corrected chi connectivity index (χ1v) is 9.42. The first-order chi connectivity index (χ1) is 13.7. The average molecular weight is 376 g/mol. The number of anilines is 1. The zero-order chi connectivity index (χ0) is 19.1. The van der Waals surface area contributed by atoms with Crippen molar-refractivity contribution in [3.05, 3.63) is 54.1 Å². The quantitative estimate of drug-likeness (QED) is 0.675. The van der Waals surface area contributed by atoms with Crippen LogP contribution in [0.2, 0.25) is 0 Å². The molecule has 142 valence electrons. The Morgan fingerprint density at radius 1 is 1.21 bits per heavy atom. The summed E-state index contributed by atoms with van der Waals surface area (Å²) in [6.07, 6.45) is 5.80. The predicted molar refractivity (Wildman–Crippen MR) is 102 cm³/mol. The third-order valence-corrected chi connectivity index (χ3v) is 5.40. The molecule has 1 amide bonds. The van der Waals surface area contributed by atoms with Crippen molar-refractivity contribution in [2.75, 3.05) is 25.0 Å². The SMILES string of the molecule is CN(C(=O)c1cc(-c2cccnc2)on1)C1CN(c2ccc(C3CC3)nn2)C1. The van der Waals surface area contributed by atoms with Crippen LogP contribution in [0.3, 0.4) is 0 Å². The van der Waals surface area contributed by atoms with E-state index in [4.69, 9.17) is 4.52 Å². The summed E-state index contributed by atoms with van der Waals surface area (Å²) < 4.78 is 5.31. The number of hydrogen-bond donors (Lipinski definition) is 0. The fourth-order valence-electron chi connectivity index (χ4n) is 3.36. The summed E-state index contributed by atoms with van der Waals surface area (Å²) in [5.41, 5.74) is 2.18. The zero-order valence-electron chi connectivity index (χ0n) is 15.5. The fourth-order valence-corrected chi connectivity index (χ4v) is 3.36. The van der Waals surface area contributed by atoms with Crippen LogP contribution < -0.4 is 4.90 Å². The molecule has 5 rings (SSSR count). The van der Waals surface area contributed by atoms with Gasteiger partial charge in [0.05, 0.1) is 11.7 Å². The van der Waals surface area contributed by atoms with Gasteiger partial charge in [-0.05, 0) is 37.1 Å². The Kier molecular flexibility index (Phi) is 4.03. The van der Waals surface area contributed by atoms with Crippen molar-refractivity contribution in [1.82, 2.24) is 25.2 Å². The molecule has 0 radical (unpaired) electrons. The number of carbonyl (C=O) groups is 1. The number of pyridine rings is 1. The van der Waals surface area contributed by atoms with Gasteiger partial charge in [-0.1, -0.05) is 5.16 Å². The lowest BCUT2D eigenvalue weighted by Crippen LogP contribution is -2.60. The van der Waals surface area contributed by atoms with Gasteiger partial charge >= 0.3 is 0 Å². The smallest absolute Gasteiger partial charge is 0.276 e. The summed E-state index contributed by atoms with van der Waals surface area (Å²) in [6, 6.07) is 9.54. The minimum Gasteiger partial charge on any atom is -0.355 e. The van der Waals surface area contributed by atoms with Crippen LogP contribution in [0.25, 0.3) is 11.3 Å². The number of rotatable bonds is 5. The number of nitrogens with zero attached hydrogens (tertiary/aromatic N) is 6. The van der Waals surface area contributed by atoms with E-state index in [9.17, 15) is 4.79 Å². The number of carbonyl (C=O) groups excluding carboxylic acids is 1. The molecule has 3 aromatic heterocycles. The lowest BCUT2D eigenvalue weighted by molar-refractivity contribution is 0.0694. The molecule has 8 heteroatoms. The summed E-state index contributed by atoms with van der Waals surface area (Å²) in [5.74, 6) is 1.85. The van der Waals surface area contributed by atoms with Gasteiger partial charge in [-0.3, -0.25) is 9.78 Å². The molecule has 1 aliphatic carbocycles. The summed E-state index contributed by atoms with van der Waals surface area (Å²) in [5, 5.41) is 12.6. The van der Waals surface area contributed by atoms with E-state index in [1.54, 1.807) is 30.4 Å². The molecule has 3 aromatic rings. The summed E-state index contributed by atoms with van der Waals surface area (Å²) in [7, 11) is 1.80. The van der Waals surface area contributed by atoms with Crippen LogP contribution in [0.15, 0.2) is 47.2 Å².